The largest absolute Gasteiger partial charge is 0.384 e. The van der Waals surface area contributed by atoms with Crippen LogP contribution in [0, 0.1) is 24.2 Å². The first-order chi connectivity index (χ1) is 7.17. The lowest BCUT2D eigenvalue weighted by Crippen LogP contribution is -2.12. The highest BCUT2D eigenvalue weighted by Gasteiger charge is 2.04. The lowest BCUT2D eigenvalue weighted by Gasteiger charge is -2.11. The lowest BCUT2D eigenvalue weighted by molar-refractivity contribution is 0.674. The molecule has 0 aliphatic carbocycles. The van der Waals surface area contributed by atoms with Crippen molar-refractivity contribution in [3.05, 3.63) is 28.8 Å². The molecule has 3 heteroatoms. The first-order valence-electron chi connectivity index (χ1n) is 5.07. The maximum absolute atomic E-state index is 8.81. The lowest BCUT2D eigenvalue weighted by atomic mass is 10.1. The predicted molar refractivity (Wildman–Crippen MR) is 64.1 cm³/mol. The minimum absolute atomic E-state index is 0.0695. The van der Waals surface area contributed by atoms with Crippen molar-refractivity contribution in [1.82, 2.24) is 0 Å². The molecule has 1 atom stereocenters. The van der Waals surface area contributed by atoms with Gasteiger partial charge in [-0.25, -0.2) is 0 Å². The van der Waals surface area contributed by atoms with E-state index in [2.05, 4.69) is 11.4 Å². The van der Waals surface area contributed by atoms with Crippen LogP contribution in [0.5, 0.6) is 0 Å². The summed E-state index contributed by atoms with van der Waals surface area (Å²) in [6.45, 7) is 4.71. The Hall–Kier alpha value is -1.20. The van der Waals surface area contributed by atoms with Gasteiger partial charge in [0.1, 0.15) is 0 Å². The van der Waals surface area contributed by atoms with E-state index in [0.717, 1.165) is 22.7 Å². The summed E-state index contributed by atoms with van der Waals surface area (Å²) in [5.41, 5.74) is 2.16. The Kier molecular flexibility index (Phi) is 4.45. The van der Waals surface area contributed by atoms with Gasteiger partial charge < -0.3 is 5.32 Å². The molecule has 1 N–H and O–H groups in total. The van der Waals surface area contributed by atoms with E-state index >= 15 is 0 Å². The zero-order valence-electron chi connectivity index (χ0n) is 9.05. The van der Waals surface area contributed by atoms with Gasteiger partial charge in [0.25, 0.3) is 0 Å². The van der Waals surface area contributed by atoms with Crippen LogP contribution in [0.2, 0.25) is 5.02 Å². The maximum Gasteiger partial charge on any atom is 0.0674 e. The van der Waals surface area contributed by atoms with Crippen LogP contribution in [0.1, 0.15) is 18.9 Å². The van der Waals surface area contributed by atoms with Crippen LogP contribution in [0.15, 0.2) is 18.2 Å². The zero-order valence-corrected chi connectivity index (χ0v) is 9.80. The summed E-state index contributed by atoms with van der Waals surface area (Å²) in [6.07, 6.45) is 0.871. The summed E-state index contributed by atoms with van der Waals surface area (Å²) in [5, 5.41) is 12.8. The summed E-state index contributed by atoms with van der Waals surface area (Å²) in [4.78, 5) is 0. The molecular formula is C12H15ClN2. The van der Waals surface area contributed by atoms with Crippen LogP contribution in [0.4, 0.5) is 5.69 Å². The number of nitrogens with zero attached hydrogens (tertiary/aromatic N) is 1. The minimum Gasteiger partial charge on any atom is -0.384 e. The summed E-state index contributed by atoms with van der Waals surface area (Å²) >= 11 is 5.85. The topological polar surface area (TPSA) is 35.8 Å². The van der Waals surface area contributed by atoms with Gasteiger partial charge in [-0.2, -0.15) is 5.26 Å². The average Bonchev–Trinajstić information content (AvgIpc) is 2.22. The van der Waals surface area contributed by atoms with E-state index in [0.29, 0.717) is 6.54 Å². The minimum atomic E-state index is 0.0695. The second-order valence-corrected chi connectivity index (χ2v) is 4.01. The Balaban J connectivity index is 2.62. The fourth-order valence-corrected chi connectivity index (χ4v) is 1.57. The smallest absolute Gasteiger partial charge is 0.0674 e. The van der Waals surface area contributed by atoms with Crippen molar-refractivity contribution in [3.63, 3.8) is 0 Å². The number of hydrogen-bond acceptors (Lipinski definition) is 2. The summed E-state index contributed by atoms with van der Waals surface area (Å²) in [7, 11) is 0. The highest BCUT2D eigenvalue weighted by atomic mass is 35.5. The predicted octanol–water partition coefficient (Wildman–Crippen LogP) is 3.61. The van der Waals surface area contributed by atoms with Gasteiger partial charge >= 0.3 is 0 Å². The molecule has 0 saturated carbocycles. The molecule has 1 aromatic carbocycles. The summed E-state index contributed by atoms with van der Waals surface area (Å²) < 4.78 is 0. The van der Waals surface area contributed by atoms with Crippen LogP contribution in [0.25, 0.3) is 0 Å². The van der Waals surface area contributed by atoms with E-state index in [9.17, 15) is 0 Å². The van der Waals surface area contributed by atoms with Gasteiger partial charge in [-0.3, -0.25) is 0 Å². The SMILES string of the molecule is CCC(C#N)CNc1ccc(Cl)cc1C. The van der Waals surface area contributed by atoms with E-state index in [4.69, 9.17) is 16.9 Å². The Bertz CT molecular complexity index is 368. The van der Waals surface area contributed by atoms with Gasteiger partial charge in [-0.05, 0) is 37.1 Å². The van der Waals surface area contributed by atoms with Crippen molar-refractivity contribution in [2.24, 2.45) is 5.92 Å². The van der Waals surface area contributed by atoms with Crippen molar-refractivity contribution >= 4 is 17.3 Å². The molecule has 0 aliphatic rings. The molecule has 0 fully saturated rings. The Morgan fingerprint density at radius 1 is 1.53 bits per heavy atom. The standard InChI is InChI=1S/C12H15ClN2/c1-3-10(7-14)8-15-12-5-4-11(13)6-9(12)2/h4-6,10,15H,3,8H2,1-2H3. The number of rotatable bonds is 4. The number of aryl methyl sites for hydroxylation is 1. The Morgan fingerprint density at radius 3 is 2.80 bits per heavy atom. The number of nitrogens with one attached hydrogen (secondary N) is 1. The van der Waals surface area contributed by atoms with E-state index < -0.39 is 0 Å². The molecule has 0 radical (unpaired) electrons. The van der Waals surface area contributed by atoms with E-state index in [1.165, 1.54) is 0 Å². The third-order valence-corrected chi connectivity index (χ3v) is 2.64. The molecule has 0 bridgehead atoms. The van der Waals surface area contributed by atoms with E-state index in [1.807, 2.05) is 32.0 Å². The van der Waals surface area contributed by atoms with Crippen LogP contribution in [-0.2, 0) is 0 Å². The molecule has 0 amide bonds. The fraction of sp³-hybridized carbons (Fsp3) is 0.417. The van der Waals surface area contributed by atoms with Gasteiger partial charge in [0.2, 0.25) is 0 Å². The average molecular weight is 223 g/mol. The van der Waals surface area contributed by atoms with Gasteiger partial charge in [-0.15, -0.1) is 0 Å². The molecule has 0 aromatic heterocycles. The fourth-order valence-electron chi connectivity index (χ4n) is 1.34. The molecule has 1 aromatic rings. The normalized spacial score (nSPS) is 11.9. The van der Waals surface area contributed by atoms with E-state index in [-0.39, 0.29) is 5.92 Å². The van der Waals surface area contributed by atoms with Crippen molar-refractivity contribution in [1.29, 1.82) is 5.26 Å². The van der Waals surface area contributed by atoms with Crippen molar-refractivity contribution < 1.29 is 0 Å². The van der Waals surface area contributed by atoms with Crippen molar-refractivity contribution in [3.8, 4) is 6.07 Å². The Labute approximate surface area is 95.9 Å². The zero-order chi connectivity index (χ0) is 11.3. The molecule has 1 rings (SSSR count). The molecule has 0 spiro atoms. The molecule has 2 nitrogen and oxygen atoms in total. The number of benzene rings is 1. The van der Waals surface area contributed by atoms with Crippen molar-refractivity contribution in [2.75, 3.05) is 11.9 Å². The maximum atomic E-state index is 8.81. The van der Waals surface area contributed by atoms with Gasteiger partial charge in [0.05, 0.1) is 12.0 Å². The molecule has 0 saturated heterocycles. The van der Waals surface area contributed by atoms with Crippen LogP contribution in [0.3, 0.4) is 0 Å². The van der Waals surface area contributed by atoms with Gasteiger partial charge in [-0.1, -0.05) is 18.5 Å². The van der Waals surface area contributed by atoms with Gasteiger partial charge in [0, 0.05) is 17.3 Å². The second kappa shape index (κ2) is 5.63. The molecule has 1 unspecified atom stereocenters. The van der Waals surface area contributed by atoms with E-state index in [1.54, 1.807) is 0 Å². The van der Waals surface area contributed by atoms with Crippen molar-refractivity contribution in [2.45, 2.75) is 20.3 Å². The third kappa shape index (κ3) is 3.45. The van der Waals surface area contributed by atoms with Crippen LogP contribution >= 0.6 is 11.6 Å². The number of hydrogen-bond donors (Lipinski definition) is 1. The highest BCUT2D eigenvalue weighted by molar-refractivity contribution is 6.30. The molecular weight excluding hydrogens is 208 g/mol. The number of nitriles is 1. The number of halogens is 1. The van der Waals surface area contributed by atoms with Crippen LogP contribution < -0.4 is 5.32 Å². The summed E-state index contributed by atoms with van der Waals surface area (Å²) in [6, 6.07) is 7.98. The molecule has 80 valence electrons. The first kappa shape index (κ1) is 11.9. The molecule has 0 heterocycles. The monoisotopic (exact) mass is 222 g/mol. The number of anilines is 1. The van der Waals surface area contributed by atoms with Gasteiger partial charge in [0.15, 0.2) is 0 Å². The second-order valence-electron chi connectivity index (χ2n) is 3.57. The summed E-state index contributed by atoms with van der Waals surface area (Å²) in [5.74, 6) is 0.0695. The van der Waals surface area contributed by atoms with Crippen LogP contribution in [-0.4, -0.2) is 6.54 Å². The first-order valence-corrected chi connectivity index (χ1v) is 5.44. The third-order valence-electron chi connectivity index (χ3n) is 2.40. The quantitative estimate of drug-likeness (QED) is 0.845. The Morgan fingerprint density at radius 2 is 2.27 bits per heavy atom. The molecule has 0 aliphatic heterocycles. The highest BCUT2D eigenvalue weighted by Crippen LogP contribution is 2.19. The molecule has 15 heavy (non-hydrogen) atoms.